The van der Waals surface area contributed by atoms with Crippen molar-refractivity contribution in [2.75, 3.05) is 31.1 Å². The van der Waals surface area contributed by atoms with E-state index in [4.69, 9.17) is 0 Å². The van der Waals surface area contributed by atoms with E-state index in [0.717, 1.165) is 49.5 Å². The first-order chi connectivity index (χ1) is 14.9. The van der Waals surface area contributed by atoms with E-state index >= 15 is 0 Å². The zero-order chi connectivity index (χ0) is 19.9. The Bertz CT molecular complexity index is 1240. The molecule has 0 unspecified atom stereocenters. The van der Waals surface area contributed by atoms with Crippen LogP contribution in [0.25, 0.3) is 38.8 Å². The van der Waals surface area contributed by atoms with Crippen LogP contribution in [-0.2, 0) is 0 Å². The van der Waals surface area contributed by atoms with Gasteiger partial charge in [-0.05, 0) is 73.7 Å². The van der Waals surface area contributed by atoms with E-state index in [-0.39, 0.29) is 0 Å². The minimum atomic E-state index is 0.951. The van der Waals surface area contributed by atoms with Gasteiger partial charge in [-0.15, -0.1) is 0 Å². The Morgan fingerprint density at radius 2 is 1.83 bits per heavy atom. The summed E-state index contributed by atoms with van der Waals surface area (Å²) in [6.45, 7) is 4.30. The van der Waals surface area contributed by atoms with Gasteiger partial charge in [0.15, 0.2) is 0 Å². The number of hydrogen-bond acceptors (Lipinski definition) is 3. The maximum Gasteiger partial charge on any atom is 0.116 e. The maximum atomic E-state index is 4.69. The SMILES string of the molecule is C1=C(c2ccc3[nH]nc(-c4cc5c(N6CCCCC6)cccc5[nH]4)c3c2)CCNC1. The van der Waals surface area contributed by atoms with Gasteiger partial charge in [0.05, 0.1) is 11.2 Å². The molecule has 0 amide bonds. The van der Waals surface area contributed by atoms with Crippen LogP contribution in [0, 0.1) is 0 Å². The molecule has 0 saturated carbocycles. The van der Waals surface area contributed by atoms with Crippen LogP contribution in [-0.4, -0.2) is 41.4 Å². The van der Waals surface area contributed by atoms with Gasteiger partial charge in [0, 0.05) is 41.6 Å². The summed E-state index contributed by atoms with van der Waals surface area (Å²) in [5, 5.41) is 13.8. The summed E-state index contributed by atoms with van der Waals surface area (Å²) in [4.78, 5) is 6.17. The van der Waals surface area contributed by atoms with Gasteiger partial charge in [-0.25, -0.2) is 0 Å². The number of benzene rings is 2. The summed E-state index contributed by atoms with van der Waals surface area (Å²) in [5.41, 5.74) is 8.41. The standard InChI is InChI=1S/C25H27N5/c1-2-13-30(14-3-1)24-6-4-5-21-19(24)16-23(27-21)25-20-15-18(7-8-22(20)28-29-25)17-9-11-26-12-10-17/h4-9,15-16,26-27H,1-3,10-14H2,(H,28,29). The van der Waals surface area contributed by atoms with E-state index in [1.807, 2.05) is 0 Å². The third-order valence-electron chi connectivity index (χ3n) is 6.59. The molecule has 1 fully saturated rings. The van der Waals surface area contributed by atoms with E-state index in [1.165, 1.54) is 52.4 Å². The van der Waals surface area contributed by atoms with E-state index in [9.17, 15) is 0 Å². The van der Waals surface area contributed by atoms with Crippen LogP contribution in [0.1, 0.15) is 31.2 Å². The molecule has 2 aliphatic heterocycles. The van der Waals surface area contributed by atoms with Gasteiger partial charge in [-0.1, -0.05) is 18.2 Å². The molecule has 5 heteroatoms. The first kappa shape index (κ1) is 17.8. The summed E-state index contributed by atoms with van der Waals surface area (Å²) < 4.78 is 0. The van der Waals surface area contributed by atoms with Crippen LogP contribution >= 0.6 is 0 Å². The van der Waals surface area contributed by atoms with Gasteiger partial charge >= 0.3 is 0 Å². The minimum absolute atomic E-state index is 0.951. The molecule has 2 aliphatic rings. The third-order valence-corrected chi connectivity index (χ3v) is 6.59. The molecule has 1 saturated heterocycles. The monoisotopic (exact) mass is 397 g/mol. The van der Waals surface area contributed by atoms with Crippen LogP contribution in [0.3, 0.4) is 0 Å². The zero-order valence-electron chi connectivity index (χ0n) is 17.2. The number of rotatable bonds is 3. The fraction of sp³-hybridized carbons (Fsp3) is 0.320. The Balaban J connectivity index is 1.44. The van der Waals surface area contributed by atoms with Crippen molar-refractivity contribution < 1.29 is 0 Å². The number of piperidine rings is 1. The minimum Gasteiger partial charge on any atom is -0.371 e. The lowest BCUT2D eigenvalue weighted by Crippen LogP contribution is -2.29. The lowest BCUT2D eigenvalue weighted by Gasteiger charge is -2.29. The molecule has 5 nitrogen and oxygen atoms in total. The molecular weight excluding hydrogens is 370 g/mol. The third kappa shape index (κ3) is 3.01. The lowest BCUT2D eigenvalue weighted by molar-refractivity contribution is 0.579. The lowest BCUT2D eigenvalue weighted by atomic mass is 9.98. The molecule has 0 spiro atoms. The maximum absolute atomic E-state index is 4.69. The Morgan fingerprint density at radius 1 is 0.900 bits per heavy atom. The molecule has 2 aromatic carbocycles. The second kappa shape index (κ2) is 7.33. The molecule has 4 heterocycles. The van der Waals surface area contributed by atoms with Gasteiger partial charge < -0.3 is 15.2 Å². The summed E-state index contributed by atoms with van der Waals surface area (Å²) in [6, 6.07) is 15.5. The van der Waals surface area contributed by atoms with Gasteiger partial charge in [-0.3, -0.25) is 5.10 Å². The van der Waals surface area contributed by atoms with Crippen molar-refractivity contribution in [3.8, 4) is 11.4 Å². The number of aromatic amines is 2. The summed E-state index contributed by atoms with van der Waals surface area (Å²) in [6.07, 6.45) is 7.29. The number of hydrogen-bond donors (Lipinski definition) is 3. The molecule has 3 N–H and O–H groups in total. The predicted octanol–water partition coefficient (Wildman–Crippen LogP) is 5.08. The van der Waals surface area contributed by atoms with Gasteiger partial charge in [0.2, 0.25) is 0 Å². The first-order valence-corrected chi connectivity index (χ1v) is 11.1. The zero-order valence-corrected chi connectivity index (χ0v) is 17.2. The predicted molar refractivity (Wildman–Crippen MR) is 125 cm³/mol. The van der Waals surface area contributed by atoms with Gasteiger partial charge in [-0.2, -0.15) is 5.10 Å². The van der Waals surface area contributed by atoms with Gasteiger partial charge in [0.1, 0.15) is 5.69 Å². The van der Waals surface area contributed by atoms with Crippen LogP contribution in [0.2, 0.25) is 0 Å². The van der Waals surface area contributed by atoms with Crippen molar-refractivity contribution >= 4 is 33.1 Å². The van der Waals surface area contributed by atoms with E-state index < -0.39 is 0 Å². The largest absolute Gasteiger partial charge is 0.371 e. The quantitative estimate of drug-likeness (QED) is 0.452. The molecule has 2 aromatic heterocycles. The highest BCUT2D eigenvalue weighted by atomic mass is 15.1. The summed E-state index contributed by atoms with van der Waals surface area (Å²) >= 11 is 0. The van der Waals surface area contributed by atoms with Crippen molar-refractivity contribution in [1.29, 1.82) is 0 Å². The van der Waals surface area contributed by atoms with Crippen molar-refractivity contribution in [2.45, 2.75) is 25.7 Å². The number of nitrogens with zero attached hydrogens (tertiary/aromatic N) is 2. The number of nitrogens with one attached hydrogen (secondary N) is 3. The topological polar surface area (TPSA) is 59.7 Å². The molecule has 0 aliphatic carbocycles. The van der Waals surface area contributed by atoms with E-state index in [1.54, 1.807) is 0 Å². The highest BCUT2D eigenvalue weighted by molar-refractivity contribution is 6.00. The first-order valence-electron chi connectivity index (χ1n) is 11.1. The fourth-order valence-corrected chi connectivity index (χ4v) is 4.98. The van der Waals surface area contributed by atoms with Crippen molar-refractivity contribution in [2.24, 2.45) is 0 Å². The van der Waals surface area contributed by atoms with Crippen molar-refractivity contribution in [1.82, 2.24) is 20.5 Å². The number of aromatic nitrogens is 3. The van der Waals surface area contributed by atoms with Crippen LogP contribution in [0.5, 0.6) is 0 Å². The smallest absolute Gasteiger partial charge is 0.116 e. The van der Waals surface area contributed by atoms with Crippen LogP contribution in [0.15, 0.2) is 48.5 Å². The van der Waals surface area contributed by atoms with Crippen molar-refractivity contribution in [3.05, 3.63) is 54.1 Å². The van der Waals surface area contributed by atoms with Crippen LogP contribution in [0.4, 0.5) is 5.69 Å². The Morgan fingerprint density at radius 3 is 2.70 bits per heavy atom. The Kier molecular flexibility index (Phi) is 4.34. The molecular formula is C25H27N5. The van der Waals surface area contributed by atoms with E-state index in [0.29, 0.717) is 0 Å². The molecule has 0 radical (unpaired) electrons. The number of anilines is 1. The summed E-state index contributed by atoms with van der Waals surface area (Å²) in [7, 11) is 0. The second-order valence-corrected chi connectivity index (χ2v) is 8.49. The Hall–Kier alpha value is -3.05. The van der Waals surface area contributed by atoms with Crippen LogP contribution < -0.4 is 10.2 Å². The van der Waals surface area contributed by atoms with Crippen molar-refractivity contribution in [3.63, 3.8) is 0 Å². The molecule has 6 rings (SSSR count). The molecule has 0 bridgehead atoms. The number of fused-ring (bicyclic) bond motifs is 2. The fourth-order valence-electron chi connectivity index (χ4n) is 4.98. The highest BCUT2D eigenvalue weighted by Crippen LogP contribution is 2.35. The molecule has 152 valence electrons. The molecule has 0 atom stereocenters. The molecule has 30 heavy (non-hydrogen) atoms. The average Bonchev–Trinajstić information content (AvgIpc) is 3.43. The summed E-state index contributed by atoms with van der Waals surface area (Å²) in [5.74, 6) is 0. The van der Waals surface area contributed by atoms with E-state index in [2.05, 4.69) is 73.9 Å². The average molecular weight is 398 g/mol. The second-order valence-electron chi connectivity index (χ2n) is 8.49. The highest BCUT2D eigenvalue weighted by Gasteiger charge is 2.17. The molecule has 4 aromatic rings. The normalized spacial score (nSPS) is 17.6. The van der Waals surface area contributed by atoms with Gasteiger partial charge in [0.25, 0.3) is 0 Å². The Labute approximate surface area is 176 Å². The number of H-pyrrole nitrogens is 2.